The zero-order valence-electron chi connectivity index (χ0n) is 4.63. The van der Waals surface area contributed by atoms with Crippen molar-refractivity contribution in [1.82, 2.24) is 0 Å². The SMILES string of the molecule is C=C(F)F.FC1(F)CC1. The Kier molecular flexibility index (Phi) is 2.67. The first-order valence-corrected chi connectivity index (χ1v) is 2.32. The van der Waals surface area contributed by atoms with E-state index in [0.717, 1.165) is 0 Å². The lowest BCUT2D eigenvalue weighted by Crippen LogP contribution is -1.79. The van der Waals surface area contributed by atoms with E-state index >= 15 is 0 Å². The van der Waals surface area contributed by atoms with E-state index in [0.29, 0.717) is 0 Å². The van der Waals surface area contributed by atoms with Crippen LogP contribution in [0.5, 0.6) is 0 Å². The first kappa shape index (κ1) is 8.46. The molecule has 0 atom stereocenters. The van der Waals surface area contributed by atoms with Gasteiger partial charge in [-0.05, 0) is 6.58 Å². The maximum Gasteiger partial charge on any atom is 0.263 e. The lowest BCUT2D eigenvalue weighted by atomic mass is 10.8. The summed E-state index contributed by atoms with van der Waals surface area (Å²) in [5.74, 6) is -2.25. The second-order valence-electron chi connectivity index (χ2n) is 1.69. The highest BCUT2D eigenvalue weighted by molar-refractivity contribution is 4.81. The van der Waals surface area contributed by atoms with Gasteiger partial charge in [0.1, 0.15) is 0 Å². The Morgan fingerprint density at radius 1 is 1.22 bits per heavy atom. The lowest BCUT2D eigenvalue weighted by Gasteiger charge is -1.76. The molecule has 4 heteroatoms. The zero-order valence-corrected chi connectivity index (χ0v) is 4.63. The maximum atomic E-state index is 11.1. The summed E-state index contributed by atoms with van der Waals surface area (Å²) in [6.45, 7) is 2.22. The molecule has 1 rings (SSSR count). The smallest absolute Gasteiger partial charge is 0.207 e. The fraction of sp³-hybridized carbons (Fsp3) is 0.600. The van der Waals surface area contributed by atoms with Crippen LogP contribution in [-0.2, 0) is 0 Å². The molecule has 0 radical (unpaired) electrons. The standard InChI is InChI=1S/C3H4F2.C2H2F2/c4-3(5)1-2-3;1-2(3)4/h1-2H2;1H2. The summed E-state index contributed by atoms with van der Waals surface area (Å²) in [6, 6.07) is 0. The molecule has 0 heterocycles. The van der Waals surface area contributed by atoms with Crippen LogP contribution in [0.25, 0.3) is 0 Å². The average molecular weight is 142 g/mol. The number of halogens is 4. The summed E-state index contributed by atoms with van der Waals surface area (Å²) in [5, 5.41) is 0. The number of rotatable bonds is 0. The van der Waals surface area contributed by atoms with Crippen molar-refractivity contribution in [3.63, 3.8) is 0 Å². The van der Waals surface area contributed by atoms with Gasteiger partial charge < -0.3 is 0 Å². The topological polar surface area (TPSA) is 0 Å². The molecule has 0 aromatic heterocycles. The van der Waals surface area contributed by atoms with E-state index in [1.165, 1.54) is 0 Å². The van der Waals surface area contributed by atoms with Crippen molar-refractivity contribution in [1.29, 1.82) is 0 Å². The van der Waals surface area contributed by atoms with Gasteiger partial charge in [0, 0.05) is 12.8 Å². The average Bonchev–Trinajstić information content (AvgIpc) is 2.16. The van der Waals surface area contributed by atoms with Crippen LogP contribution in [-0.4, -0.2) is 5.92 Å². The second kappa shape index (κ2) is 2.85. The molecule has 1 aliphatic rings. The summed E-state index contributed by atoms with van der Waals surface area (Å²) in [4.78, 5) is 0. The molecular formula is C5H6F4. The maximum absolute atomic E-state index is 11.1. The van der Waals surface area contributed by atoms with E-state index in [9.17, 15) is 17.6 Å². The summed E-state index contributed by atoms with van der Waals surface area (Å²) in [5.41, 5.74) is 0. The minimum atomic E-state index is -2.25. The van der Waals surface area contributed by atoms with E-state index < -0.39 is 12.0 Å². The van der Waals surface area contributed by atoms with E-state index in [4.69, 9.17) is 0 Å². The molecule has 0 aromatic rings. The minimum absolute atomic E-state index is 0.118. The second-order valence-corrected chi connectivity index (χ2v) is 1.69. The molecule has 0 N–H and O–H groups in total. The van der Waals surface area contributed by atoms with Gasteiger partial charge in [-0.2, -0.15) is 8.78 Å². The summed E-state index contributed by atoms with van der Waals surface area (Å²) in [6.07, 6.45) is -1.60. The third-order valence-corrected chi connectivity index (χ3v) is 0.628. The number of hydrogen-bond donors (Lipinski definition) is 0. The molecular weight excluding hydrogens is 136 g/mol. The van der Waals surface area contributed by atoms with Crippen LogP contribution in [0.4, 0.5) is 17.6 Å². The molecule has 1 saturated carbocycles. The molecule has 54 valence electrons. The van der Waals surface area contributed by atoms with Crippen molar-refractivity contribution in [3.8, 4) is 0 Å². The first-order valence-electron chi connectivity index (χ1n) is 2.32. The highest BCUT2D eigenvalue weighted by Crippen LogP contribution is 2.40. The molecule has 0 bridgehead atoms. The zero-order chi connectivity index (χ0) is 7.49. The highest BCUT2D eigenvalue weighted by Gasteiger charge is 2.43. The van der Waals surface area contributed by atoms with Crippen molar-refractivity contribution in [2.45, 2.75) is 18.8 Å². The van der Waals surface area contributed by atoms with Crippen LogP contribution in [0, 0.1) is 0 Å². The fourth-order valence-electron chi connectivity index (χ4n) is 0.0945. The van der Waals surface area contributed by atoms with Gasteiger partial charge in [-0.3, -0.25) is 0 Å². The Labute approximate surface area is 50.2 Å². The molecule has 0 amide bonds. The first-order chi connectivity index (χ1) is 3.94. The molecule has 1 aliphatic carbocycles. The largest absolute Gasteiger partial charge is 0.263 e. The summed E-state index contributed by atoms with van der Waals surface area (Å²) >= 11 is 0. The van der Waals surface area contributed by atoms with E-state index in [2.05, 4.69) is 6.58 Å². The van der Waals surface area contributed by atoms with Gasteiger partial charge in [0.2, 0.25) is 5.92 Å². The quantitative estimate of drug-likeness (QED) is 0.456. The molecule has 0 aliphatic heterocycles. The summed E-state index contributed by atoms with van der Waals surface area (Å²) < 4.78 is 42.5. The molecule has 9 heavy (non-hydrogen) atoms. The van der Waals surface area contributed by atoms with Gasteiger partial charge in [0.05, 0.1) is 0 Å². The van der Waals surface area contributed by atoms with E-state index in [1.54, 1.807) is 0 Å². The third-order valence-electron chi connectivity index (χ3n) is 0.628. The van der Waals surface area contributed by atoms with Crippen LogP contribution < -0.4 is 0 Å². The van der Waals surface area contributed by atoms with Gasteiger partial charge >= 0.3 is 0 Å². The Bertz CT molecular complexity index is 97.5. The molecule has 1 fully saturated rings. The van der Waals surface area contributed by atoms with Gasteiger partial charge in [0.15, 0.2) is 0 Å². The van der Waals surface area contributed by atoms with Crippen LogP contribution >= 0.6 is 0 Å². The fourth-order valence-corrected chi connectivity index (χ4v) is 0.0945. The Morgan fingerprint density at radius 3 is 1.33 bits per heavy atom. The van der Waals surface area contributed by atoms with E-state index in [1.807, 2.05) is 0 Å². The molecule has 0 aromatic carbocycles. The van der Waals surface area contributed by atoms with Gasteiger partial charge in [-0.15, -0.1) is 0 Å². The van der Waals surface area contributed by atoms with Crippen molar-refractivity contribution in [2.75, 3.05) is 0 Å². The molecule has 0 nitrogen and oxygen atoms in total. The van der Waals surface area contributed by atoms with Crippen LogP contribution in [0.2, 0.25) is 0 Å². The predicted molar refractivity (Wildman–Crippen MR) is 25.5 cm³/mol. The Hall–Kier alpha value is -0.540. The van der Waals surface area contributed by atoms with Gasteiger partial charge in [-0.25, -0.2) is 8.78 Å². The van der Waals surface area contributed by atoms with Crippen LogP contribution in [0.15, 0.2) is 12.7 Å². The highest BCUT2D eigenvalue weighted by atomic mass is 19.3. The monoisotopic (exact) mass is 142 g/mol. The Morgan fingerprint density at radius 2 is 1.33 bits per heavy atom. The summed E-state index contributed by atoms with van der Waals surface area (Å²) in [7, 11) is 0. The van der Waals surface area contributed by atoms with Crippen molar-refractivity contribution in [3.05, 3.63) is 12.7 Å². The molecule has 0 unspecified atom stereocenters. The number of hydrogen-bond acceptors (Lipinski definition) is 0. The molecule has 0 spiro atoms. The minimum Gasteiger partial charge on any atom is -0.207 e. The Balaban J connectivity index is 0.000000148. The van der Waals surface area contributed by atoms with Crippen LogP contribution in [0.1, 0.15) is 12.8 Å². The van der Waals surface area contributed by atoms with Crippen LogP contribution in [0.3, 0.4) is 0 Å². The normalized spacial score (nSPS) is 19.6. The van der Waals surface area contributed by atoms with Crippen molar-refractivity contribution < 1.29 is 17.6 Å². The lowest BCUT2D eigenvalue weighted by molar-refractivity contribution is 0.120. The van der Waals surface area contributed by atoms with Crippen molar-refractivity contribution >= 4 is 0 Å². The van der Waals surface area contributed by atoms with E-state index in [-0.39, 0.29) is 12.8 Å². The van der Waals surface area contributed by atoms with Gasteiger partial charge in [0.25, 0.3) is 6.08 Å². The number of alkyl halides is 2. The van der Waals surface area contributed by atoms with Gasteiger partial charge in [-0.1, -0.05) is 0 Å². The predicted octanol–water partition coefficient (Wildman–Crippen LogP) is 2.81. The third kappa shape index (κ3) is 11.2. The van der Waals surface area contributed by atoms with Crippen molar-refractivity contribution in [2.24, 2.45) is 0 Å². The molecule has 0 saturated heterocycles.